The van der Waals surface area contributed by atoms with Gasteiger partial charge in [-0.2, -0.15) is 10.1 Å². The summed E-state index contributed by atoms with van der Waals surface area (Å²) in [5, 5.41) is 7.72. The first-order chi connectivity index (χ1) is 12.6. The van der Waals surface area contributed by atoms with Crippen LogP contribution in [0.5, 0.6) is 5.75 Å². The third-order valence-electron chi connectivity index (χ3n) is 4.56. The molecule has 1 fully saturated rings. The molecule has 136 valence electrons. The van der Waals surface area contributed by atoms with Crippen molar-refractivity contribution in [2.24, 2.45) is 0 Å². The number of benzene rings is 1. The highest BCUT2D eigenvalue weighted by molar-refractivity contribution is 5.97. The Balaban J connectivity index is 1.82. The van der Waals surface area contributed by atoms with Crippen LogP contribution in [0.25, 0.3) is 22.2 Å². The molecule has 1 aliphatic heterocycles. The van der Waals surface area contributed by atoms with Crippen LogP contribution < -0.4 is 21.1 Å². The number of methoxy groups -OCH3 is 1. The van der Waals surface area contributed by atoms with Gasteiger partial charge >= 0.3 is 0 Å². The van der Waals surface area contributed by atoms with E-state index in [0.29, 0.717) is 30.5 Å². The van der Waals surface area contributed by atoms with E-state index in [2.05, 4.69) is 32.0 Å². The van der Waals surface area contributed by atoms with Crippen LogP contribution in [0.3, 0.4) is 0 Å². The Morgan fingerprint density at radius 2 is 2.12 bits per heavy atom. The Bertz CT molecular complexity index is 956. The van der Waals surface area contributed by atoms with Crippen molar-refractivity contribution >= 4 is 28.5 Å². The van der Waals surface area contributed by atoms with Crippen LogP contribution >= 0.6 is 0 Å². The van der Waals surface area contributed by atoms with Crippen LogP contribution in [0.4, 0.5) is 17.6 Å². The predicted molar refractivity (Wildman–Crippen MR) is 100 cm³/mol. The van der Waals surface area contributed by atoms with Crippen LogP contribution in [0, 0.1) is 0 Å². The Hall–Kier alpha value is -3.07. The van der Waals surface area contributed by atoms with E-state index in [1.807, 2.05) is 18.2 Å². The molecule has 0 bridgehead atoms. The minimum atomic E-state index is 0.218. The first-order valence-corrected chi connectivity index (χ1v) is 8.37. The maximum atomic E-state index is 5.98. The van der Waals surface area contributed by atoms with Gasteiger partial charge in [-0.15, -0.1) is 0 Å². The van der Waals surface area contributed by atoms with Gasteiger partial charge in [0.25, 0.3) is 0 Å². The number of rotatable bonds is 3. The van der Waals surface area contributed by atoms with Crippen LogP contribution in [0.1, 0.15) is 6.92 Å². The number of nitrogens with two attached hydrogens (primary N) is 2. The third-order valence-corrected chi connectivity index (χ3v) is 4.56. The van der Waals surface area contributed by atoms with Crippen LogP contribution in [0.15, 0.2) is 18.2 Å². The van der Waals surface area contributed by atoms with E-state index in [4.69, 9.17) is 20.9 Å². The second kappa shape index (κ2) is 6.34. The van der Waals surface area contributed by atoms with Gasteiger partial charge in [0.2, 0.25) is 5.95 Å². The van der Waals surface area contributed by atoms with E-state index in [-0.39, 0.29) is 12.0 Å². The average Bonchev–Trinajstić information content (AvgIpc) is 3.02. The molecule has 0 amide bonds. The van der Waals surface area contributed by atoms with E-state index in [0.717, 1.165) is 28.8 Å². The molecule has 0 unspecified atom stereocenters. The number of anilines is 3. The number of aromatic nitrogens is 4. The lowest BCUT2D eigenvalue weighted by Gasteiger charge is -2.34. The largest absolute Gasteiger partial charge is 0.496 e. The maximum absolute atomic E-state index is 5.98. The molecule has 1 aromatic carbocycles. The van der Waals surface area contributed by atoms with Gasteiger partial charge in [0, 0.05) is 18.2 Å². The van der Waals surface area contributed by atoms with Gasteiger partial charge in [0.15, 0.2) is 5.82 Å². The summed E-state index contributed by atoms with van der Waals surface area (Å²) in [5.41, 5.74) is 14.2. The molecule has 2 aromatic heterocycles. The second-order valence-electron chi connectivity index (χ2n) is 6.30. The zero-order valence-corrected chi connectivity index (χ0v) is 14.7. The first kappa shape index (κ1) is 16.4. The number of hydrogen-bond donors (Lipinski definition) is 3. The minimum absolute atomic E-state index is 0.218. The molecule has 0 radical (unpaired) electrons. The highest BCUT2D eigenvalue weighted by Crippen LogP contribution is 2.35. The van der Waals surface area contributed by atoms with Crippen molar-refractivity contribution in [1.82, 2.24) is 20.2 Å². The molecule has 0 spiro atoms. The van der Waals surface area contributed by atoms with Crippen molar-refractivity contribution in [3.05, 3.63) is 18.2 Å². The fourth-order valence-corrected chi connectivity index (χ4v) is 3.27. The Morgan fingerprint density at radius 3 is 2.88 bits per heavy atom. The van der Waals surface area contributed by atoms with Crippen LogP contribution in [-0.4, -0.2) is 53.1 Å². The number of nitrogens with zero attached hydrogens (tertiary/aromatic N) is 4. The van der Waals surface area contributed by atoms with Crippen molar-refractivity contribution in [2.75, 3.05) is 43.2 Å². The number of hydrogen-bond acceptors (Lipinski definition) is 8. The Labute approximate surface area is 150 Å². The summed E-state index contributed by atoms with van der Waals surface area (Å²) < 4.78 is 11.0. The molecular weight excluding hydrogens is 334 g/mol. The lowest BCUT2D eigenvalue weighted by Crippen LogP contribution is -2.44. The van der Waals surface area contributed by atoms with E-state index in [9.17, 15) is 0 Å². The molecule has 9 nitrogen and oxygen atoms in total. The number of morpholine rings is 1. The summed E-state index contributed by atoms with van der Waals surface area (Å²) in [6.45, 7) is 4.18. The first-order valence-electron chi connectivity index (χ1n) is 8.37. The molecule has 3 heterocycles. The van der Waals surface area contributed by atoms with E-state index in [1.165, 1.54) is 0 Å². The molecule has 9 heteroatoms. The lowest BCUT2D eigenvalue weighted by atomic mass is 10.1. The molecule has 1 aliphatic rings. The van der Waals surface area contributed by atoms with Crippen molar-refractivity contribution in [2.45, 2.75) is 13.0 Å². The molecular formula is C17H21N7O2. The number of nitrogens with one attached hydrogen (secondary N) is 1. The van der Waals surface area contributed by atoms with Crippen LogP contribution in [0.2, 0.25) is 0 Å². The molecule has 4 rings (SSSR count). The van der Waals surface area contributed by atoms with Crippen molar-refractivity contribution in [3.8, 4) is 17.0 Å². The van der Waals surface area contributed by atoms with Gasteiger partial charge < -0.3 is 25.8 Å². The number of ether oxygens (including phenoxy) is 2. The Morgan fingerprint density at radius 1 is 1.27 bits per heavy atom. The highest BCUT2D eigenvalue weighted by Gasteiger charge is 2.22. The van der Waals surface area contributed by atoms with Gasteiger partial charge in [-0.1, -0.05) is 0 Å². The minimum Gasteiger partial charge on any atom is -0.496 e. The van der Waals surface area contributed by atoms with E-state index in [1.54, 1.807) is 7.11 Å². The monoisotopic (exact) mass is 355 g/mol. The Kier molecular flexibility index (Phi) is 4.00. The number of fused-ring (bicyclic) bond motifs is 1. The smallest absolute Gasteiger partial charge is 0.222 e. The van der Waals surface area contributed by atoms with Crippen LogP contribution in [-0.2, 0) is 4.74 Å². The summed E-state index contributed by atoms with van der Waals surface area (Å²) in [4.78, 5) is 11.0. The van der Waals surface area contributed by atoms with E-state index < -0.39 is 0 Å². The molecule has 0 aliphatic carbocycles. The average molecular weight is 355 g/mol. The summed E-state index contributed by atoms with van der Waals surface area (Å²) >= 11 is 0. The summed E-state index contributed by atoms with van der Waals surface area (Å²) in [6.07, 6.45) is 0. The number of aromatic amines is 1. The normalized spacial score (nSPS) is 17.6. The predicted octanol–water partition coefficient (Wildman–Crippen LogP) is 1.42. The van der Waals surface area contributed by atoms with Crippen molar-refractivity contribution in [3.63, 3.8) is 0 Å². The molecule has 1 saturated heterocycles. The zero-order chi connectivity index (χ0) is 18.3. The summed E-state index contributed by atoms with van der Waals surface area (Å²) in [7, 11) is 1.60. The molecule has 5 N–H and O–H groups in total. The highest BCUT2D eigenvalue weighted by atomic mass is 16.5. The zero-order valence-electron chi connectivity index (χ0n) is 14.7. The molecule has 0 saturated carbocycles. The summed E-state index contributed by atoms with van der Waals surface area (Å²) in [5.74, 6) is 2.03. The van der Waals surface area contributed by atoms with Gasteiger partial charge in [0.05, 0.1) is 43.0 Å². The fourth-order valence-electron chi connectivity index (χ4n) is 3.27. The lowest BCUT2D eigenvalue weighted by molar-refractivity contribution is 0.0985. The molecule has 3 aromatic rings. The van der Waals surface area contributed by atoms with Gasteiger partial charge in [-0.05, 0) is 19.1 Å². The number of nitrogen functional groups attached to an aromatic ring is 2. The fraction of sp³-hybridized carbons (Fsp3) is 0.353. The molecule has 1 atom stereocenters. The SMILES string of the molecule is COc1cc(-c2cc(N3CCOC[C@H]3C)nc(N)n2)cc2[nH]nc(N)c12. The van der Waals surface area contributed by atoms with Gasteiger partial charge in [0.1, 0.15) is 11.6 Å². The molecule has 26 heavy (non-hydrogen) atoms. The van der Waals surface area contributed by atoms with Crippen molar-refractivity contribution in [1.29, 1.82) is 0 Å². The van der Waals surface area contributed by atoms with Gasteiger partial charge in [-0.25, -0.2) is 4.98 Å². The van der Waals surface area contributed by atoms with E-state index >= 15 is 0 Å². The maximum Gasteiger partial charge on any atom is 0.222 e. The number of H-pyrrole nitrogens is 1. The van der Waals surface area contributed by atoms with Crippen molar-refractivity contribution < 1.29 is 9.47 Å². The second-order valence-corrected chi connectivity index (χ2v) is 6.30. The summed E-state index contributed by atoms with van der Waals surface area (Å²) in [6, 6.07) is 5.95. The standard InChI is InChI=1S/C17H21N7O2/c1-9-8-26-4-3-24(9)14-7-11(20-17(19)21-14)10-5-12-15(13(6-10)25-2)16(18)23-22-12/h5-7,9H,3-4,8H2,1-2H3,(H3,18,22,23)(H2,19,20,21)/t9-/m1/s1. The quantitative estimate of drug-likeness (QED) is 0.643. The third kappa shape index (κ3) is 2.76. The van der Waals surface area contributed by atoms with Gasteiger partial charge in [-0.3, -0.25) is 5.10 Å². The topological polar surface area (TPSA) is 128 Å².